The first-order valence-electron chi connectivity index (χ1n) is 5.62. The first-order valence-corrected chi connectivity index (χ1v) is 5.62. The maximum Gasteiger partial charge on any atom is 0.0922 e. The Kier molecular flexibility index (Phi) is 3.38. The summed E-state index contributed by atoms with van der Waals surface area (Å²) in [6.07, 6.45) is 6.22. The molecule has 0 spiro atoms. The second-order valence-corrected chi connectivity index (χ2v) is 4.55. The molecular weight excluding hydrogens is 188 g/mol. The van der Waals surface area contributed by atoms with Gasteiger partial charge in [-0.1, -0.05) is 0 Å². The Morgan fingerprint density at radius 1 is 1.47 bits per heavy atom. The Hall–Kier alpha value is -0.870. The zero-order valence-corrected chi connectivity index (χ0v) is 9.61. The van der Waals surface area contributed by atoms with Crippen molar-refractivity contribution in [2.45, 2.75) is 25.4 Å². The third kappa shape index (κ3) is 2.79. The van der Waals surface area contributed by atoms with E-state index in [-0.39, 0.29) is 0 Å². The minimum atomic E-state index is 0.767. The summed E-state index contributed by atoms with van der Waals surface area (Å²) in [5.41, 5.74) is 1.22. The Labute approximate surface area is 91.3 Å². The van der Waals surface area contributed by atoms with E-state index in [2.05, 4.69) is 33.9 Å². The molecule has 0 radical (unpaired) electrons. The summed E-state index contributed by atoms with van der Waals surface area (Å²) >= 11 is 0. The van der Waals surface area contributed by atoms with E-state index in [1.165, 1.54) is 31.6 Å². The molecule has 1 aliphatic rings. The van der Waals surface area contributed by atoms with Crippen LogP contribution in [0.5, 0.6) is 0 Å². The summed E-state index contributed by atoms with van der Waals surface area (Å²) in [6.45, 7) is 3.41. The molecule has 84 valence electrons. The van der Waals surface area contributed by atoms with Crippen LogP contribution in [-0.2, 0) is 6.54 Å². The summed E-state index contributed by atoms with van der Waals surface area (Å²) in [6, 6.07) is 0.767. The van der Waals surface area contributed by atoms with Crippen LogP contribution in [0.2, 0.25) is 0 Å². The molecule has 1 saturated heterocycles. The number of likely N-dealkylation sites (tertiary alicyclic amines) is 1. The smallest absolute Gasteiger partial charge is 0.0922 e. The number of aromatic amines is 1. The molecular formula is C11H20N4. The molecule has 1 fully saturated rings. The molecule has 0 saturated carbocycles. The van der Waals surface area contributed by atoms with E-state index in [0.29, 0.717) is 0 Å². The SMILES string of the molecule is CN(C)C1CCN(Cc2cnc[nH]2)CC1. The van der Waals surface area contributed by atoms with Crippen molar-refractivity contribution in [2.75, 3.05) is 27.2 Å². The number of H-pyrrole nitrogens is 1. The Morgan fingerprint density at radius 3 is 2.73 bits per heavy atom. The average molecular weight is 208 g/mol. The maximum absolute atomic E-state index is 4.04. The van der Waals surface area contributed by atoms with Gasteiger partial charge in [0.2, 0.25) is 0 Å². The van der Waals surface area contributed by atoms with Crippen LogP contribution in [0.25, 0.3) is 0 Å². The van der Waals surface area contributed by atoms with E-state index >= 15 is 0 Å². The molecule has 0 amide bonds. The van der Waals surface area contributed by atoms with Gasteiger partial charge in [-0.15, -0.1) is 0 Å². The van der Waals surface area contributed by atoms with E-state index < -0.39 is 0 Å². The van der Waals surface area contributed by atoms with Gasteiger partial charge in [-0.3, -0.25) is 4.90 Å². The fourth-order valence-corrected chi connectivity index (χ4v) is 2.21. The van der Waals surface area contributed by atoms with Crippen LogP contribution in [0.4, 0.5) is 0 Å². The second-order valence-electron chi connectivity index (χ2n) is 4.55. The molecule has 1 aromatic heterocycles. The van der Waals surface area contributed by atoms with Crippen molar-refractivity contribution in [3.63, 3.8) is 0 Å². The average Bonchev–Trinajstić information content (AvgIpc) is 2.71. The summed E-state index contributed by atoms with van der Waals surface area (Å²) in [7, 11) is 4.35. The first-order chi connectivity index (χ1) is 7.25. The number of hydrogen-bond donors (Lipinski definition) is 1. The van der Waals surface area contributed by atoms with Gasteiger partial charge in [0.25, 0.3) is 0 Å². The second kappa shape index (κ2) is 4.77. The molecule has 0 unspecified atom stereocenters. The van der Waals surface area contributed by atoms with Gasteiger partial charge in [0, 0.05) is 37.6 Å². The quantitative estimate of drug-likeness (QED) is 0.803. The topological polar surface area (TPSA) is 35.2 Å². The molecule has 0 atom stereocenters. The van der Waals surface area contributed by atoms with Gasteiger partial charge in [-0.05, 0) is 26.9 Å². The van der Waals surface area contributed by atoms with Gasteiger partial charge >= 0.3 is 0 Å². The van der Waals surface area contributed by atoms with Crippen molar-refractivity contribution in [1.82, 2.24) is 19.8 Å². The Morgan fingerprint density at radius 2 is 2.20 bits per heavy atom. The largest absolute Gasteiger partial charge is 0.347 e. The van der Waals surface area contributed by atoms with E-state index in [9.17, 15) is 0 Å². The third-order valence-electron chi connectivity index (χ3n) is 3.24. The van der Waals surface area contributed by atoms with Gasteiger partial charge < -0.3 is 9.88 Å². The lowest BCUT2D eigenvalue weighted by Gasteiger charge is -2.34. The molecule has 1 N–H and O–H groups in total. The Balaban J connectivity index is 1.79. The van der Waals surface area contributed by atoms with E-state index in [0.717, 1.165) is 12.6 Å². The van der Waals surface area contributed by atoms with Crippen LogP contribution in [0.15, 0.2) is 12.5 Å². The highest BCUT2D eigenvalue weighted by Crippen LogP contribution is 2.15. The summed E-state index contributed by atoms with van der Waals surface area (Å²) in [5, 5.41) is 0. The maximum atomic E-state index is 4.04. The minimum Gasteiger partial charge on any atom is -0.347 e. The lowest BCUT2D eigenvalue weighted by atomic mass is 10.0. The van der Waals surface area contributed by atoms with Crippen molar-refractivity contribution >= 4 is 0 Å². The van der Waals surface area contributed by atoms with Gasteiger partial charge in [-0.25, -0.2) is 4.98 Å². The lowest BCUT2D eigenvalue weighted by Crippen LogP contribution is -2.41. The van der Waals surface area contributed by atoms with Crippen molar-refractivity contribution < 1.29 is 0 Å². The zero-order chi connectivity index (χ0) is 10.7. The zero-order valence-electron chi connectivity index (χ0n) is 9.61. The molecule has 15 heavy (non-hydrogen) atoms. The van der Waals surface area contributed by atoms with Crippen LogP contribution >= 0.6 is 0 Å². The first kappa shape index (κ1) is 10.6. The monoisotopic (exact) mass is 208 g/mol. The standard InChI is InChI=1S/C11H20N4/c1-14(2)11-3-5-15(6-4-11)8-10-7-12-9-13-10/h7,9,11H,3-6,8H2,1-2H3,(H,12,13). The molecule has 0 aromatic carbocycles. The minimum absolute atomic E-state index is 0.767. The molecule has 1 aromatic rings. The molecule has 2 heterocycles. The Bertz CT molecular complexity index is 273. The van der Waals surface area contributed by atoms with Crippen LogP contribution in [0, 0.1) is 0 Å². The highest BCUT2D eigenvalue weighted by Gasteiger charge is 2.20. The predicted octanol–water partition coefficient (Wildman–Crippen LogP) is 0.936. The molecule has 0 bridgehead atoms. The number of hydrogen-bond acceptors (Lipinski definition) is 3. The van der Waals surface area contributed by atoms with Gasteiger partial charge in [0.1, 0.15) is 0 Å². The number of piperidine rings is 1. The van der Waals surface area contributed by atoms with Crippen molar-refractivity contribution in [2.24, 2.45) is 0 Å². The number of nitrogens with one attached hydrogen (secondary N) is 1. The normalized spacial score (nSPS) is 19.9. The van der Waals surface area contributed by atoms with Gasteiger partial charge in [0.05, 0.1) is 6.33 Å². The van der Waals surface area contributed by atoms with Crippen LogP contribution < -0.4 is 0 Å². The molecule has 4 nitrogen and oxygen atoms in total. The van der Waals surface area contributed by atoms with Crippen LogP contribution in [0.1, 0.15) is 18.5 Å². The van der Waals surface area contributed by atoms with E-state index in [4.69, 9.17) is 0 Å². The summed E-state index contributed by atoms with van der Waals surface area (Å²) in [5.74, 6) is 0. The fraction of sp³-hybridized carbons (Fsp3) is 0.727. The van der Waals surface area contributed by atoms with Crippen LogP contribution in [0.3, 0.4) is 0 Å². The van der Waals surface area contributed by atoms with E-state index in [1.807, 2.05) is 6.20 Å². The molecule has 1 aliphatic heterocycles. The summed E-state index contributed by atoms with van der Waals surface area (Å²) < 4.78 is 0. The summed E-state index contributed by atoms with van der Waals surface area (Å²) in [4.78, 5) is 12.0. The predicted molar refractivity (Wildman–Crippen MR) is 60.6 cm³/mol. The highest BCUT2D eigenvalue weighted by atomic mass is 15.2. The number of imidazole rings is 1. The number of rotatable bonds is 3. The molecule has 4 heteroatoms. The highest BCUT2D eigenvalue weighted by molar-refractivity contribution is 4.94. The van der Waals surface area contributed by atoms with Crippen LogP contribution in [-0.4, -0.2) is 53.0 Å². The number of nitrogens with zero attached hydrogens (tertiary/aromatic N) is 3. The van der Waals surface area contributed by atoms with Crippen molar-refractivity contribution in [1.29, 1.82) is 0 Å². The fourth-order valence-electron chi connectivity index (χ4n) is 2.21. The lowest BCUT2D eigenvalue weighted by molar-refractivity contribution is 0.139. The molecule has 0 aliphatic carbocycles. The van der Waals surface area contributed by atoms with Crippen molar-refractivity contribution in [3.8, 4) is 0 Å². The van der Waals surface area contributed by atoms with Crippen molar-refractivity contribution in [3.05, 3.63) is 18.2 Å². The number of aromatic nitrogens is 2. The van der Waals surface area contributed by atoms with E-state index in [1.54, 1.807) is 6.33 Å². The van der Waals surface area contributed by atoms with Gasteiger partial charge in [-0.2, -0.15) is 0 Å². The van der Waals surface area contributed by atoms with Gasteiger partial charge in [0.15, 0.2) is 0 Å². The molecule has 2 rings (SSSR count). The third-order valence-corrected chi connectivity index (χ3v) is 3.24.